The van der Waals surface area contributed by atoms with E-state index >= 15 is 0 Å². The Morgan fingerprint density at radius 1 is 0.526 bits per heavy atom. The Morgan fingerprint density at radius 3 is 1.50 bits per heavy atom. The van der Waals surface area contributed by atoms with Crippen molar-refractivity contribution in [1.29, 1.82) is 0 Å². The Labute approximate surface area is 234 Å². The van der Waals surface area contributed by atoms with Gasteiger partial charge in [-0.3, -0.25) is 0 Å². The molecule has 4 nitrogen and oxygen atoms in total. The number of ether oxygens (including phenoxy) is 2. The van der Waals surface area contributed by atoms with Crippen LogP contribution in [0.2, 0.25) is 0 Å². The summed E-state index contributed by atoms with van der Waals surface area (Å²) in [6, 6.07) is 3.89. The minimum absolute atomic E-state index is 0.361. The van der Waals surface area contributed by atoms with Crippen molar-refractivity contribution in [1.82, 2.24) is 0 Å². The van der Waals surface area contributed by atoms with Gasteiger partial charge in [-0.1, -0.05) is 124 Å². The molecule has 0 aliphatic carbocycles. The maximum atomic E-state index is 13.4. The molecule has 0 saturated carbocycles. The van der Waals surface area contributed by atoms with Gasteiger partial charge in [0.2, 0.25) is 0 Å². The van der Waals surface area contributed by atoms with Crippen LogP contribution in [0, 0.1) is 0 Å². The van der Waals surface area contributed by atoms with Crippen LogP contribution in [0.15, 0.2) is 12.1 Å². The molecule has 0 aliphatic heterocycles. The summed E-state index contributed by atoms with van der Waals surface area (Å²) in [5.74, 6) is -0.760. The lowest BCUT2D eigenvalue weighted by atomic mass is 9.89. The van der Waals surface area contributed by atoms with Crippen LogP contribution in [-0.2, 0) is 22.3 Å². The number of hydrogen-bond donors (Lipinski definition) is 0. The van der Waals surface area contributed by atoms with E-state index in [0.29, 0.717) is 24.3 Å². The van der Waals surface area contributed by atoms with Crippen molar-refractivity contribution in [3.63, 3.8) is 0 Å². The molecule has 0 radical (unpaired) electrons. The largest absolute Gasteiger partial charge is 0.462 e. The molecule has 0 heterocycles. The zero-order chi connectivity index (χ0) is 27.8. The molecule has 0 amide bonds. The molecule has 0 bridgehead atoms. The number of hydrogen-bond acceptors (Lipinski definition) is 4. The van der Waals surface area contributed by atoms with Crippen LogP contribution in [-0.4, -0.2) is 25.2 Å². The molecule has 1 rings (SSSR count). The second-order valence-corrected chi connectivity index (χ2v) is 10.8. The molecule has 0 spiro atoms. The Kier molecular flexibility index (Phi) is 20.8. The molecule has 0 aromatic heterocycles. The number of benzene rings is 1. The van der Waals surface area contributed by atoms with Crippen molar-refractivity contribution in [2.75, 3.05) is 13.2 Å². The maximum absolute atomic E-state index is 13.4. The van der Waals surface area contributed by atoms with Gasteiger partial charge in [-0.15, -0.1) is 0 Å². The molecule has 1 aromatic rings. The van der Waals surface area contributed by atoms with E-state index < -0.39 is 5.97 Å². The van der Waals surface area contributed by atoms with Crippen LogP contribution >= 0.6 is 0 Å². The minimum Gasteiger partial charge on any atom is -0.462 e. The van der Waals surface area contributed by atoms with E-state index in [9.17, 15) is 9.59 Å². The minimum atomic E-state index is -0.399. The number of esters is 2. The SMILES string of the molecule is CCCCCCCCCc1ccc(C(=O)OCCCC)c(C(=O)OCCCC)c1CCCCCCCCC. The zero-order valence-corrected chi connectivity index (χ0v) is 25.3. The molecule has 38 heavy (non-hydrogen) atoms. The van der Waals surface area contributed by atoms with Crippen LogP contribution in [0.25, 0.3) is 0 Å². The first-order chi connectivity index (χ1) is 18.6. The summed E-state index contributed by atoms with van der Waals surface area (Å²) < 4.78 is 11.2. The number of carbonyl (C=O) groups excluding carboxylic acids is 2. The summed E-state index contributed by atoms with van der Waals surface area (Å²) in [7, 11) is 0. The van der Waals surface area contributed by atoms with E-state index in [4.69, 9.17) is 9.47 Å². The molecular weight excluding hydrogens is 472 g/mol. The van der Waals surface area contributed by atoms with Crippen molar-refractivity contribution < 1.29 is 19.1 Å². The van der Waals surface area contributed by atoms with Crippen molar-refractivity contribution >= 4 is 11.9 Å². The van der Waals surface area contributed by atoms with Crippen LogP contribution < -0.4 is 0 Å². The average Bonchev–Trinajstić information content (AvgIpc) is 2.92. The van der Waals surface area contributed by atoms with E-state index in [-0.39, 0.29) is 5.97 Å². The highest BCUT2D eigenvalue weighted by Gasteiger charge is 2.25. The first-order valence-corrected chi connectivity index (χ1v) is 16.1. The number of rotatable bonds is 24. The van der Waals surface area contributed by atoms with Gasteiger partial charge in [0.05, 0.1) is 24.3 Å². The Balaban J connectivity index is 3.11. The molecule has 1 aromatic carbocycles. The van der Waals surface area contributed by atoms with Gasteiger partial charge in [0.25, 0.3) is 0 Å². The van der Waals surface area contributed by atoms with Crippen LogP contribution in [0.3, 0.4) is 0 Å². The van der Waals surface area contributed by atoms with Gasteiger partial charge in [-0.2, -0.15) is 0 Å². The topological polar surface area (TPSA) is 52.6 Å². The summed E-state index contributed by atoms with van der Waals surface area (Å²) in [5.41, 5.74) is 3.07. The third-order valence-corrected chi connectivity index (χ3v) is 7.38. The van der Waals surface area contributed by atoms with E-state index in [0.717, 1.165) is 63.4 Å². The monoisotopic (exact) mass is 530 g/mol. The fraction of sp³-hybridized carbons (Fsp3) is 0.765. The van der Waals surface area contributed by atoms with Gasteiger partial charge in [-0.25, -0.2) is 9.59 Å². The first kappa shape index (κ1) is 34.2. The number of carbonyl (C=O) groups is 2. The van der Waals surface area contributed by atoms with E-state index in [2.05, 4.69) is 33.8 Å². The van der Waals surface area contributed by atoms with E-state index in [1.807, 2.05) is 6.07 Å². The molecule has 218 valence electrons. The molecule has 4 heteroatoms. The van der Waals surface area contributed by atoms with Gasteiger partial charge >= 0.3 is 11.9 Å². The van der Waals surface area contributed by atoms with Crippen molar-refractivity contribution in [3.8, 4) is 0 Å². The Bertz CT molecular complexity index is 755. The second-order valence-electron chi connectivity index (χ2n) is 10.8. The van der Waals surface area contributed by atoms with E-state index in [1.54, 1.807) is 0 Å². The summed E-state index contributed by atoms with van der Waals surface area (Å²) >= 11 is 0. The highest BCUT2D eigenvalue weighted by molar-refractivity contribution is 6.04. The lowest BCUT2D eigenvalue weighted by molar-refractivity contribution is 0.0451. The van der Waals surface area contributed by atoms with Crippen molar-refractivity contribution in [3.05, 3.63) is 34.4 Å². The Hall–Kier alpha value is -1.84. The summed E-state index contributed by atoms with van der Waals surface area (Å²) in [6.07, 6.45) is 22.7. The average molecular weight is 531 g/mol. The second kappa shape index (κ2) is 23.1. The lowest BCUT2D eigenvalue weighted by Crippen LogP contribution is -2.19. The van der Waals surface area contributed by atoms with Crippen LogP contribution in [0.5, 0.6) is 0 Å². The zero-order valence-electron chi connectivity index (χ0n) is 25.3. The van der Waals surface area contributed by atoms with Gasteiger partial charge in [-0.05, 0) is 55.7 Å². The molecule has 0 fully saturated rings. The van der Waals surface area contributed by atoms with Gasteiger partial charge in [0.1, 0.15) is 0 Å². The van der Waals surface area contributed by atoms with E-state index in [1.165, 1.54) is 76.2 Å². The molecule has 0 saturated heterocycles. The van der Waals surface area contributed by atoms with Crippen LogP contribution in [0.4, 0.5) is 0 Å². The summed E-state index contributed by atoms with van der Waals surface area (Å²) in [6.45, 7) is 9.42. The third kappa shape index (κ3) is 14.4. The Morgan fingerprint density at radius 2 is 0.974 bits per heavy atom. The first-order valence-electron chi connectivity index (χ1n) is 16.1. The van der Waals surface area contributed by atoms with Crippen molar-refractivity contribution in [2.45, 2.75) is 156 Å². The smallest absolute Gasteiger partial charge is 0.339 e. The molecule has 0 aliphatic rings. The fourth-order valence-electron chi connectivity index (χ4n) is 4.91. The van der Waals surface area contributed by atoms with Gasteiger partial charge < -0.3 is 9.47 Å². The van der Waals surface area contributed by atoms with Crippen LogP contribution in [0.1, 0.15) is 175 Å². The quantitative estimate of drug-likeness (QED) is 0.0985. The third-order valence-electron chi connectivity index (χ3n) is 7.38. The fourth-order valence-corrected chi connectivity index (χ4v) is 4.91. The number of unbranched alkanes of at least 4 members (excludes halogenated alkanes) is 14. The lowest BCUT2D eigenvalue weighted by Gasteiger charge is -2.18. The molecule has 0 unspecified atom stereocenters. The molecular formula is C34H58O4. The molecule has 0 atom stereocenters. The highest BCUT2D eigenvalue weighted by Crippen LogP contribution is 2.26. The predicted molar refractivity (Wildman–Crippen MR) is 160 cm³/mol. The summed E-state index contributed by atoms with van der Waals surface area (Å²) in [5, 5.41) is 0. The normalized spacial score (nSPS) is 11.1. The number of aryl methyl sites for hydroxylation is 1. The standard InChI is InChI=1S/C34H58O4/c1-5-9-13-15-17-19-21-23-29-25-26-31(33(35)37-27-11-7-3)32(34(36)38-28-12-8-4)30(29)24-22-20-18-16-14-10-6-2/h25-26H,5-24,27-28H2,1-4H3. The molecule has 0 N–H and O–H groups in total. The highest BCUT2D eigenvalue weighted by atomic mass is 16.5. The van der Waals surface area contributed by atoms with Crippen molar-refractivity contribution in [2.24, 2.45) is 0 Å². The maximum Gasteiger partial charge on any atom is 0.339 e. The predicted octanol–water partition coefficient (Wildman–Crippen LogP) is 10.2. The summed E-state index contributed by atoms with van der Waals surface area (Å²) in [4.78, 5) is 26.5. The van der Waals surface area contributed by atoms with Gasteiger partial charge in [0.15, 0.2) is 0 Å². The van der Waals surface area contributed by atoms with Gasteiger partial charge in [0, 0.05) is 0 Å².